The maximum Gasteiger partial charge on any atom is 0.426 e. The maximum atomic E-state index is 14.1. The predicted molar refractivity (Wildman–Crippen MR) is 97.9 cm³/mol. The third kappa shape index (κ3) is 4.65. The molecule has 0 saturated carbocycles. The van der Waals surface area contributed by atoms with Gasteiger partial charge < -0.3 is 21.1 Å². The number of hydrogen-bond donors (Lipinski definition) is 3. The molecule has 2 aromatic rings. The fourth-order valence-electron chi connectivity index (χ4n) is 2.57. The zero-order valence-electron chi connectivity index (χ0n) is 15.2. The van der Waals surface area contributed by atoms with Gasteiger partial charge in [0, 0.05) is 11.3 Å². The number of hydrogen-bond acceptors (Lipinski definition) is 4. The van der Waals surface area contributed by atoms with Gasteiger partial charge in [0.15, 0.2) is 0 Å². The third-order valence-corrected chi connectivity index (χ3v) is 3.94. The van der Waals surface area contributed by atoms with E-state index in [1.807, 2.05) is 0 Å². The Morgan fingerprint density at radius 1 is 1.00 bits per heavy atom. The normalized spacial score (nSPS) is 13.1. The Morgan fingerprint density at radius 3 is 2.07 bits per heavy atom. The second-order valence-corrected chi connectivity index (χ2v) is 5.85. The first-order valence-corrected chi connectivity index (χ1v) is 8.40. The summed E-state index contributed by atoms with van der Waals surface area (Å²) in [5.41, 5.74) is 1.42. The van der Waals surface area contributed by atoms with E-state index in [1.54, 1.807) is 5.32 Å². The van der Waals surface area contributed by atoms with E-state index in [9.17, 15) is 27.6 Å². The van der Waals surface area contributed by atoms with Crippen molar-refractivity contribution < 1.29 is 32.3 Å². The van der Waals surface area contributed by atoms with Crippen LogP contribution in [0.2, 0.25) is 0 Å². The number of primary amides is 1. The van der Waals surface area contributed by atoms with Crippen molar-refractivity contribution in [3.63, 3.8) is 0 Å². The highest BCUT2D eigenvalue weighted by Crippen LogP contribution is 2.40. The van der Waals surface area contributed by atoms with Gasteiger partial charge in [-0.1, -0.05) is 30.3 Å². The number of anilines is 1. The van der Waals surface area contributed by atoms with E-state index >= 15 is 0 Å². The number of carbonyl (C=O) groups excluding carboxylic acids is 3. The van der Waals surface area contributed by atoms with Gasteiger partial charge in [0.25, 0.3) is 5.54 Å². The molecule has 0 radical (unpaired) electrons. The SMILES string of the molecule is CCOC(=O)[C@@](NC(=O)Nc1ccc(C(N)=O)cc1)(c1ccccc1)C(F)(F)F. The lowest BCUT2D eigenvalue weighted by atomic mass is 9.89. The standard InChI is InChI=1S/C19H18F3N3O4/c1-2-29-16(27)18(19(20,21)22,13-6-4-3-5-7-13)25-17(28)24-14-10-8-12(9-11-14)15(23)26/h3-11H,2H2,1H3,(H2,23,26)(H2,24,25,28)/t18-/m0/s1. The number of halogens is 3. The summed E-state index contributed by atoms with van der Waals surface area (Å²) in [5, 5.41) is 3.91. The first-order chi connectivity index (χ1) is 13.6. The van der Waals surface area contributed by atoms with E-state index in [0.29, 0.717) is 0 Å². The molecule has 0 fully saturated rings. The molecule has 0 heterocycles. The molecule has 0 unspecified atom stereocenters. The van der Waals surface area contributed by atoms with Gasteiger partial charge in [-0.25, -0.2) is 9.59 Å². The largest absolute Gasteiger partial charge is 0.464 e. The topological polar surface area (TPSA) is 111 Å². The number of nitrogens with one attached hydrogen (secondary N) is 2. The van der Waals surface area contributed by atoms with Crippen molar-refractivity contribution in [1.29, 1.82) is 0 Å². The Hall–Kier alpha value is -3.56. The van der Waals surface area contributed by atoms with Crippen LogP contribution >= 0.6 is 0 Å². The molecule has 4 N–H and O–H groups in total. The molecular weight excluding hydrogens is 391 g/mol. The van der Waals surface area contributed by atoms with Crippen molar-refractivity contribution in [2.45, 2.75) is 18.6 Å². The van der Waals surface area contributed by atoms with Crippen LogP contribution in [0.4, 0.5) is 23.7 Å². The molecule has 2 rings (SSSR count). The van der Waals surface area contributed by atoms with Crippen molar-refractivity contribution in [2.75, 3.05) is 11.9 Å². The molecule has 0 bridgehead atoms. The highest BCUT2D eigenvalue weighted by molar-refractivity contribution is 5.96. The first-order valence-electron chi connectivity index (χ1n) is 8.40. The number of rotatable bonds is 6. The number of alkyl halides is 3. The summed E-state index contributed by atoms with van der Waals surface area (Å²) < 4.78 is 46.9. The van der Waals surface area contributed by atoms with Gasteiger partial charge >= 0.3 is 18.2 Å². The van der Waals surface area contributed by atoms with Crippen LogP contribution in [-0.4, -0.2) is 30.7 Å². The Balaban J connectivity index is 2.39. The summed E-state index contributed by atoms with van der Waals surface area (Å²) in [6, 6.07) is 10.0. The molecule has 2 aromatic carbocycles. The van der Waals surface area contributed by atoms with Gasteiger partial charge in [0.05, 0.1) is 6.61 Å². The van der Waals surface area contributed by atoms with Gasteiger partial charge in [-0.15, -0.1) is 0 Å². The summed E-state index contributed by atoms with van der Waals surface area (Å²) in [6.45, 7) is 1.03. The summed E-state index contributed by atoms with van der Waals surface area (Å²) >= 11 is 0. The van der Waals surface area contributed by atoms with Gasteiger partial charge in [0.2, 0.25) is 5.91 Å². The average Bonchev–Trinajstić information content (AvgIpc) is 2.66. The van der Waals surface area contributed by atoms with Crippen molar-refractivity contribution >= 4 is 23.6 Å². The van der Waals surface area contributed by atoms with E-state index < -0.39 is 35.2 Å². The highest BCUT2D eigenvalue weighted by atomic mass is 19.4. The van der Waals surface area contributed by atoms with Gasteiger partial charge in [-0.3, -0.25) is 4.79 Å². The third-order valence-electron chi connectivity index (χ3n) is 3.94. The summed E-state index contributed by atoms with van der Waals surface area (Å²) in [5.74, 6) is -2.37. The molecule has 0 aliphatic rings. The quantitative estimate of drug-likeness (QED) is 0.637. The lowest BCUT2D eigenvalue weighted by Crippen LogP contribution is -2.62. The molecule has 0 aliphatic carbocycles. The zero-order valence-corrected chi connectivity index (χ0v) is 15.2. The maximum absolute atomic E-state index is 14.1. The average molecular weight is 409 g/mol. The minimum absolute atomic E-state index is 0.0838. The second-order valence-electron chi connectivity index (χ2n) is 5.85. The molecule has 7 nitrogen and oxygen atoms in total. The number of nitrogens with two attached hydrogens (primary N) is 1. The van der Waals surface area contributed by atoms with Crippen molar-refractivity contribution in [3.05, 3.63) is 65.7 Å². The van der Waals surface area contributed by atoms with Crippen LogP contribution in [0.25, 0.3) is 0 Å². The lowest BCUT2D eigenvalue weighted by molar-refractivity contribution is -0.213. The second kappa shape index (κ2) is 8.63. The molecule has 1 atom stereocenters. The minimum Gasteiger partial charge on any atom is -0.464 e. The van der Waals surface area contributed by atoms with Crippen LogP contribution in [0.15, 0.2) is 54.6 Å². The number of carbonyl (C=O) groups is 3. The summed E-state index contributed by atoms with van der Waals surface area (Å²) in [7, 11) is 0. The van der Waals surface area contributed by atoms with Gasteiger partial charge in [-0.2, -0.15) is 13.2 Å². The molecule has 3 amide bonds. The summed E-state index contributed by atoms with van der Waals surface area (Å²) in [6.07, 6.45) is -5.20. The molecule has 0 spiro atoms. The zero-order chi connectivity index (χ0) is 21.7. The van der Waals surface area contributed by atoms with Crippen LogP contribution in [0.3, 0.4) is 0 Å². The van der Waals surface area contributed by atoms with Crippen LogP contribution < -0.4 is 16.4 Å². The number of urea groups is 1. The number of esters is 1. The van der Waals surface area contributed by atoms with E-state index in [2.05, 4.69) is 10.1 Å². The number of amides is 3. The Bertz CT molecular complexity index is 886. The Kier molecular flexibility index (Phi) is 6.47. The van der Waals surface area contributed by atoms with E-state index in [0.717, 1.165) is 12.1 Å². The fourth-order valence-corrected chi connectivity index (χ4v) is 2.57. The molecule has 29 heavy (non-hydrogen) atoms. The molecule has 154 valence electrons. The number of ether oxygens (including phenoxy) is 1. The van der Waals surface area contributed by atoms with Crippen molar-refractivity contribution in [3.8, 4) is 0 Å². The molecular formula is C19H18F3N3O4. The molecule has 10 heteroatoms. The Morgan fingerprint density at radius 2 is 1.59 bits per heavy atom. The number of benzene rings is 2. The van der Waals surface area contributed by atoms with E-state index in [1.165, 1.54) is 49.4 Å². The van der Waals surface area contributed by atoms with Crippen molar-refractivity contribution in [1.82, 2.24) is 5.32 Å². The van der Waals surface area contributed by atoms with E-state index in [4.69, 9.17) is 5.73 Å². The smallest absolute Gasteiger partial charge is 0.426 e. The van der Waals surface area contributed by atoms with Gasteiger partial charge in [-0.05, 0) is 36.8 Å². The van der Waals surface area contributed by atoms with Crippen molar-refractivity contribution in [2.24, 2.45) is 5.73 Å². The first kappa shape index (κ1) is 21.7. The van der Waals surface area contributed by atoms with Crippen LogP contribution in [0, 0.1) is 0 Å². The van der Waals surface area contributed by atoms with Crippen LogP contribution in [-0.2, 0) is 15.1 Å². The van der Waals surface area contributed by atoms with Gasteiger partial charge in [0.1, 0.15) is 0 Å². The predicted octanol–water partition coefficient (Wildman–Crippen LogP) is 2.93. The molecule has 0 aromatic heterocycles. The fraction of sp³-hybridized carbons (Fsp3) is 0.211. The van der Waals surface area contributed by atoms with Crippen LogP contribution in [0.5, 0.6) is 0 Å². The van der Waals surface area contributed by atoms with Crippen LogP contribution in [0.1, 0.15) is 22.8 Å². The molecule has 0 saturated heterocycles. The Labute approximate surface area is 164 Å². The van der Waals surface area contributed by atoms with E-state index in [-0.39, 0.29) is 17.9 Å². The minimum atomic E-state index is -5.20. The lowest BCUT2D eigenvalue weighted by Gasteiger charge is -2.34. The highest BCUT2D eigenvalue weighted by Gasteiger charge is 2.64. The molecule has 0 aliphatic heterocycles. The summed E-state index contributed by atoms with van der Waals surface area (Å²) in [4.78, 5) is 35.8. The monoisotopic (exact) mass is 409 g/mol.